The van der Waals surface area contributed by atoms with Crippen LogP contribution in [0.2, 0.25) is 0 Å². The summed E-state index contributed by atoms with van der Waals surface area (Å²) in [7, 11) is 0. The lowest BCUT2D eigenvalue weighted by Gasteiger charge is -2.12. The number of hydrogen-bond donors (Lipinski definition) is 1. The number of amides is 1. The third kappa shape index (κ3) is 6.89. The Hall–Kier alpha value is -1.78. The monoisotopic (exact) mass is 329 g/mol. The Morgan fingerprint density at radius 1 is 1.04 bits per heavy atom. The number of thioether (sulfide) groups is 1. The Morgan fingerprint density at radius 3 is 2.30 bits per heavy atom. The Morgan fingerprint density at radius 2 is 1.65 bits per heavy atom. The Balaban J connectivity index is 1.57. The minimum atomic E-state index is -0.0654. The summed E-state index contributed by atoms with van der Waals surface area (Å²) >= 11 is 1.65. The van der Waals surface area contributed by atoms with Gasteiger partial charge in [0, 0.05) is 12.3 Å². The molecule has 1 amide bonds. The Bertz CT molecular complexity index is 574. The zero-order valence-corrected chi connectivity index (χ0v) is 14.2. The molecule has 0 aliphatic heterocycles. The molecular weight excluding hydrogens is 306 g/mol. The van der Waals surface area contributed by atoms with Crippen LogP contribution in [-0.4, -0.2) is 24.3 Å². The van der Waals surface area contributed by atoms with Gasteiger partial charge in [0.05, 0.1) is 18.5 Å². The molecule has 122 valence electrons. The SMILES string of the molecule is CC(SCc1ccccc1)C(=O)NCCOCc1ccccc1. The molecule has 0 bridgehead atoms. The molecule has 0 radical (unpaired) electrons. The highest BCUT2D eigenvalue weighted by Gasteiger charge is 2.12. The molecule has 23 heavy (non-hydrogen) atoms. The van der Waals surface area contributed by atoms with Crippen molar-refractivity contribution in [3.05, 3.63) is 71.8 Å². The lowest BCUT2D eigenvalue weighted by atomic mass is 10.2. The molecule has 2 rings (SSSR count). The fraction of sp³-hybridized carbons (Fsp3) is 0.316. The molecule has 0 saturated carbocycles. The van der Waals surface area contributed by atoms with Crippen molar-refractivity contribution in [3.63, 3.8) is 0 Å². The first-order valence-corrected chi connectivity index (χ1v) is 8.85. The van der Waals surface area contributed by atoms with Gasteiger partial charge in [-0.15, -0.1) is 11.8 Å². The second kappa shape index (κ2) is 10.1. The summed E-state index contributed by atoms with van der Waals surface area (Å²) in [5.41, 5.74) is 2.38. The molecule has 0 aromatic heterocycles. The van der Waals surface area contributed by atoms with E-state index in [1.807, 2.05) is 55.5 Å². The minimum Gasteiger partial charge on any atom is -0.375 e. The van der Waals surface area contributed by atoms with Gasteiger partial charge in [-0.2, -0.15) is 0 Å². The molecule has 0 fully saturated rings. The van der Waals surface area contributed by atoms with E-state index in [9.17, 15) is 4.79 Å². The molecule has 0 spiro atoms. The number of nitrogens with one attached hydrogen (secondary N) is 1. The van der Waals surface area contributed by atoms with Crippen LogP contribution in [0.5, 0.6) is 0 Å². The predicted molar refractivity (Wildman–Crippen MR) is 96.3 cm³/mol. The molecular formula is C19H23NO2S. The highest BCUT2D eigenvalue weighted by Crippen LogP contribution is 2.17. The van der Waals surface area contributed by atoms with Gasteiger partial charge in [-0.1, -0.05) is 60.7 Å². The second-order valence-electron chi connectivity index (χ2n) is 5.27. The van der Waals surface area contributed by atoms with E-state index >= 15 is 0 Å². The first-order chi connectivity index (χ1) is 11.3. The van der Waals surface area contributed by atoms with E-state index in [1.165, 1.54) is 5.56 Å². The summed E-state index contributed by atoms with van der Waals surface area (Å²) in [6, 6.07) is 20.2. The molecule has 1 N–H and O–H groups in total. The Kier molecular flexibility index (Phi) is 7.70. The van der Waals surface area contributed by atoms with Crippen LogP contribution in [0.25, 0.3) is 0 Å². The zero-order chi connectivity index (χ0) is 16.3. The molecule has 0 heterocycles. The average Bonchev–Trinajstić information content (AvgIpc) is 2.61. The van der Waals surface area contributed by atoms with Gasteiger partial charge in [0.1, 0.15) is 0 Å². The summed E-state index contributed by atoms with van der Waals surface area (Å²) < 4.78 is 5.56. The quantitative estimate of drug-likeness (QED) is 0.714. The van der Waals surface area contributed by atoms with Crippen molar-refractivity contribution in [3.8, 4) is 0 Å². The van der Waals surface area contributed by atoms with E-state index in [0.29, 0.717) is 19.8 Å². The van der Waals surface area contributed by atoms with E-state index in [0.717, 1.165) is 11.3 Å². The first kappa shape index (κ1) is 17.6. The highest BCUT2D eigenvalue weighted by atomic mass is 32.2. The number of carbonyl (C=O) groups excluding carboxylic acids is 1. The number of carbonyl (C=O) groups is 1. The third-order valence-corrected chi connectivity index (χ3v) is 4.58. The van der Waals surface area contributed by atoms with Crippen LogP contribution in [-0.2, 0) is 21.9 Å². The smallest absolute Gasteiger partial charge is 0.232 e. The number of benzene rings is 2. The normalized spacial score (nSPS) is 11.9. The summed E-state index contributed by atoms with van der Waals surface area (Å²) in [5.74, 6) is 0.911. The molecule has 1 unspecified atom stereocenters. The van der Waals surface area contributed by atoms with Crippen molar-refractivity contribution in [1.82, 2.24) is 5.32 Å². The lowest BCUT2D eigenvalue weighted by Crippen LogP contribution is -2.33. The van der Waals surface area contributed by atoms with Crippen LogP contribution in [0.4, 0.5) is 0 Å². The third-order valence-electron chi connectivity index (χ3n) is 3.37. The molecule has 2 aromatic carbocycles. The lowest BCUT2D eigenvalue weighted by molar-refractivity contribution is -0.120. The molecule has 0 aliphatic carbocycles. The fourth-order valence-electron chi connectivity index (χ4n) is 2.03. The molecule has 4 heteroatoms. The average molecular weight is 329 g/mol. The van der Waals surface area contributed by atoms with E-state index in [1.54, 1.807) is 11.8 Å². The second-order valence-corrected chi connectivity index (χ2v) is 6.60. The number of ether oxygens (including phenoxy) is 1. The topological polar surface area (TPSA) is 38.3 Å². The van der Waals surface area contributed by atoms with E-state index < -0.39 is 0 Å². The van der Waals surface area contributed by atoms with Crippen molar-refractivity contribution >= 4 is 17.7 Å². The number of rotatable bonds is 9. The summed E-state index contributed by atoms with van der Waals surface area (Å²) in [5, 5.41) is 2.85. The molecule has 0 aliphatic rings. The van der Waals surface area contributed by atoms with Gasteiger partial charge in [-0.25, -0.2) is 0 Å². The minimum absolute atomic E-state index is 0.0641. The van der Waals surface area contributed by atoms with Crippen molar-refractivity contribution in [1.29, 1.82) is 0 Å². The van der Waals surface area contributed by atoms with Crippen molar-refractivity contribution in [2.24, 2.45) is 0 Å². The largest absolute Gasteiger partial charge is 0.375 e. The molecule has 1 atom stereocenters. The molecule has 2 aromatic rings. The number of hydrogen-bond acceptors (Lipinski definition) is 3. The van der Waals surface area contributed by atoms with Gasteiger partial charge in [0.15, 0.2) is 0 Å². The van der Waals surface area contributed by atoms with Crippen molar-refractivity contribution < 1.29 is 9.53 Å². The summed E-state index contributed by atoms with van der Waals surface area (Å²) in [6.45, 7) is 3.58. The van der Waals surface area contributed by atoms with Crippen molar-refractivity contribution in [2.75, 3.05) is 13.2 Å². The van der Waals surface area contributed by atoms with Gasteiger partial charge in [0.2, 0.25) is 5.91 Å². The Labute approximate surface area is 142 Å². The van der Waals surface area contributed by atoms with Crippen LogP contribution in [0.15, 0.2) is 60.7 Å². The van der Waals surface area contributed by atoms with Crippen LogP contribution in [0.3, 0.4) is 0 Å². The van der Waals surface area contributed by atoms with Crippen LogP contribution < -0.4 is 5.32 Å². The molecule has 0 saturated heterocycles. The maximum Gasteiger partial charge on any atom is 0.232 e. The van der Waals surface area contributed by atoms with E-state index in [-0.39, 0.29) is 11.2 Å². The molecule has 3 nitrogen and oxygen atoms in total. The predicted octanol–water partition coefficient (Wildman–Crippen LogP) is 3.64. The van der Waals surface area contributed by atoms with Gasteiger partial charge in [-0.3, -0.25) is 4.79 Å². The van der Waals surface area contributed by atoms with Gasteiger partial charge >= 0.3 is 0 Å². The summed E-state index contributed by atoms with van der Waals surface area (Å²) in [4.78, 5) is 12.0. The standard InChI is InChI=1S/C19H23NO2S/c1-16(23-15-18-10-6-3-7-11-18)19(21)20-12-13-22-14-17-8-4-2-5-9-17/h2-11,16H,12-15H2,1H3,(H,20,21). The zero-order valence-electron chi connectivity index (χ0n) is 13.4. The van der Waals surface area contributed by atoms with Crippen LogP contribution >= 0.6 is 11.8 Å². The van der Waals surface area contributed by atoms with E-state index in [4.69, 9.17) is 4.74 Å². The van der Waals surface area contributed by atoms with Crippen LogP contribution in [0, 0.1) is 0 Å². The van der Waals surface area contributed by atoms with Gasteiger partial charge in [-0.05, 0) is 18.1 Å². The maximum atomic E-state index is 12.0. The van der Waals surface area contributed by atoms with E-state index in [2.05, 4.69) is 17.4 Å². The van der Waals surface area contributed by atoms with Gasteiger partial charge in [0.25, 0.3) is 0 Å². The highest BCUT2D eigenvalue weighted by molar-refractivity contribution is 7.99. The van der Waals surface area contributed by atoms with Crippen molar-refractivity contribution in [2.45, 2.75) is 24.5 Å². The maximum absolute atomic E-state index is 12.0. The van der Waals surface area contributed by atoms with Crippen LogP contribution in [0.1, 0.15) is 18.1 Å². The van der Waals surface area contributed by atoms with Gasteiger partial charge < -0.3 is 10.1 Å². The fourth-order valence-corrected chi connectivity index (χ4v) is 2.90. The first-order valence-electron chi connectivity index (χ1n) is 7.80. The summed E-state index contributed by atoms with van der Waals surface area (Å²) in [6.07, 6.45) is 0.